The number of carbonyl (C=O) groups excluding carboxylic acids is 1. The van der Waals surface area contributed by atoms with Gasteiger partial charge in [0.15, 0.2) is 17.7 Å². The molecule has 0 saturated heterocycles. The number of carboxylic acid groups (broad SMARTS) is 1. The Bertz CT molecular complexity index is 671. The molecule has 0 saturated carbocycles. The Balaban J connectivity index is 3.03. The molecule has 0 aliphatic rings. The lowest BCUT2D eigenvalue weighted by Gasteiger charge is -2.27. The summed E-state index contributed by atoms with van der Waals surface area (Å²) in [5, 5.41) is 8.64. The van der Waals surface area contributed by atoms with E-state index in [2.05, 4.69) is 4.74 Å². The van der Waals surface area contributed by atoms with Crippen LogP contribution in [0.4, 0.5) is 13.2 Å². The van der Waals surface area contributed by atoms with Crippen molar-refractivity contribution in [2.45, 2.75) is 58.7 Å². The smallest absolute Gasteiger partial charge is 0.378 e. The summed E-state index contributed by atoms with van der Waals surface area (Å²) < 4.78 is 51.8. The Morgan fingerprint density at radius 2 is 1.81 bits per heavy atom. The second kappa shape index (κ2) is 7.97. The molecule has 0 radical (unpaired) electrons. The van der Waals surface area contributed by atoms with Crippen molar-refractivity contribution in [1.29, 1.82) is 0 Å². The molecule has 0 fully saturated rings. The molecule has 1 N–H and O–H groups in total. The topological polar surface area (TPSA) is 72.8 Å². The van der Waals surface area contributed by atoms with E-state index in [4.69, 9.17) is 9.84 Å². The minimum atomic E-state index is -4.27. The molecule has 1 atom stereocenters. The van der Waals surface area contributed by atoms with Crippen LogP contribution in [0, 0.1) is 11.7 Å². The molecule has 146 valence electrons. The number of esters is 1. The van der Waals surface area contributed by atoms with Crippen LogP contribution in [0.1, 0.15) is 51.4 Å². The predicted molar refractivity (Wildman–Crippen MR) is 88.0 cm³/mol. The average molecular weight is 376 g/mol. The second-order valence-electron chi connectivity index (χ2n) is 6.86. The maximum atomic E-state index is 14.2. The Kier molecular flexibility index (Phi) is 6.68. The van der Waals surface area contributed by atoms with E-state index in [1.54, 1.807) is 13.8 Å². The van der Waals surface area contributed by atoms with Gasteiger partial charge in [0.1, 0.15) is 5.60 Å². The highest BCUT2D eigenvalue weighted by molar-refractivity contribution is 5.90. The zero-order chi connectivity index (χ0) is 20.3. The summed E-state index contributed by atoms with van der Waals surface area (Å²) in [6, 6.07) is 3.17. The number of carboxylic acids is 1. The molecular formula is C18H23F3O5. The van der Waals surface area contributed by atoms with Crippen molar-refractivity contribution in [3.8, 4) is 5.75 Å². The molecular weight excluding hydrogens is 353 g/mol. The van der Waals surface area contributed by atoms with E-state index in [9.17, 15) is 22.8 Å². The Hall–Kier alpha value is -2.25. The first-order valence-corrected chi connectivity index (χ1v) is 8.12. The van der Waals surface area contributed by atoms with Crippen molar-refractivity contribution in [2.75, 3.05) is 0 Å². The Morgan fingerprint density at radius 1 is 1.23 bits per heavy atom. The Labute approximate surface area is 150 Å². The number of rotatable bonds is 8. The van der Waals surface area contributed by atoms with Crippen LogP contribution in [0.5, 0.6) is 5.75 Å². The molecule has 0 heterocycles. The van der Waals surface area contributed by atoms with Crippen LogP contribution in [-0.2, 0) is 9.53 Å². The number of aliphatic carboxylic acids is 1. The highest BCUT2D eigenvalue weighted by atomic mass is 19.3. The molecule has 0 aliphatic carbocycles. The van der Waals surface area contributed by atoms with Crippen LogP contribution in [0.3, 0.4) is 0 Å². The zero-order valence-electron chi connectivity index (χ0n) is 15.3. The number of halogens is 3. The van der Waals surface area contributed by atoms with Gasteiger partial charge >= 0.3 is 17.9 Å². The van der Waals surface area contributed by atoms with E-state index in [1.165, 1.54) is 26.0 Å². The molecule has 26 heavy (non-hydrogen) atoms. The fourth-order valence-corrected chi connectivity index (χ4v) is 2.01. The molecule has 1 unspecified atom stereocenters. The van der Waals surface area contributed by atoms with Gasteiger partial charge in [-0.3, -0.25) is 0 Å². The first-order valence-electron chi connectivity index (χ1n) is 8.12. The number of carbonyl (C=O) groups is 2. The number of hydrogen-bond acceptors (Lipinski definition) is 4. The van der Waals surface area contributed by atoms with Crippen LogP contribution in [0.25, 0.3) is 0 Å². The molecule has 1 aromatic carbocycles. The first kappa shape index (κ1) is 21.8. The van der Waals surface area contributed by atoms with Gasteiger partial charge in [-0.05, 0) is 44.4 Å². The van der Waals surface area contributed by atoms with Crippen LogP contribution in [0.2, 0.25) is 0 Å². The van der Waals surface area contributed by atoms with E-state index >= 15 is 0 Å². The summed E-state index contributed by atoms with van der Waals surface area (Å²) in [5.74, 6) is -9.83. The van der Waals surface area contributed by atoms with Crippen LogP contribution < -0.4 is 4.74 Å². The van der Waals surface area contributed by atoms with Crippen LogP contribution >= 0.6 is 0 Å². The van der Waals surface area contributed by atoms with Gasteiger partial charge in [0.2, 0.25) is 0 Å². The monoisotopic (exact) mass is 376 g/mol. The van der Waals surface area contributed by atoms with Gasteiger partial charge in [0.05, 0.1) is 5.56 Å². The van der Waals surface area contributed by atoms with Crippen LogP contribution in [-0.4, -0.2) is 34.7 Å². The third-order valence-electron chi connectivity index (χ3n) is 3.89. The van der Waals surface area contributed by atoms with Crippen molar-refractivity contribution in [1.82, 2.24) is 0 Å². The SMILES string of the molecule is CCC(C)(C)Oc1ccc(C(=O)OC(C(C)C)C(F)(F)C(=O)O)cc1F. The van der Waals surface area contributed by atoms with Crippen LogP contribution in [0.15, 0.2) is 18.2 Å². The fourth-order valence-electron chi connectivity index (χ4n) is 2.01. The zero-order valence-corrected chi connectivity index (χ0v) is 15.3. The quantitative estimate of drug-likeness (QED) is 0.685. The van der Waals surface area contributed by atoms with Crippen molar-refractivity contribution in [3.63, 3.8) is 0 Å². The third kappa shape index (κ3) is 5.12. The average Bonchev–Trinajstić information content (AvgIpc) is 2.53. The lowest BCUT2D eigenvalue weighted by Crippen LogP contribution is -2.47. The molecule has 1 rings (SSSR count). The molecule has 0 aromatic heterocycles. The summed E-state index contributed by atoms with van der Waals surface area (Å²) in [6.45, 7) is 7.96. The van der Waals surface area contributed by atoms with Gasteiger partial charge in [-0.15, -0.1) is 0 Å². The molecule has 5 nitrogen and oxygen atoms in total. The van der Waals surface area contributed by atoms with E-state index < -0.39 is 41.3 Å². The summed E-state index contributed by atoms with van der Waals surface area (Å²) in [4.78, 5) is 22.8. The third-order valence-corrected chi connectivity index (χ3v) is 3.89. The minimum Gasteiger partial charge on any atom is -0.485 e. The normalized spacial score (nSPS) is 13.4. The van der Waals surface area contributed by atoms with E-state index in [0.717, 1.165) is 6.07 Å². The highest BCUT2D eigenvalue weighted by Gasteiger charge is 2.51. The van der Waals surface area contributed by atoms with Crippen molar-refractivity contribution >= 4 is 11.9 Å². The number of alkyl halides is 2. The maximum absolute atomic E-state index is 14.2. The lowest BCUT2D eigenvalue weighted by atomic mass is 10.0. The molecule has 8 heteroatoms. The van der Waals surface area contributed by atoms with Gasteiger partial charge in [0, 0.05) is 0 Å². The second-order valence-corrected chi connectivity index (χ2v) is 6.86. The van der Waals surface area contributed by atoms with E-state index in [-0.39, 0.29) is 11.3 Å². The van der Waals surface area contributed by atoms with Gasteiger partial charge in [-0.25, -0.2) is 14.0 Å². The van der Waals surface area contributed by atoms with Crippen molar-refractivity contribution < 1.29 is 37.3 Å². The summed E-state index contributed by atoms with van der Waals surface area (Å²) in [7, 11) is 0. The molecule has 0 spiro atoms. The summed E-state index contributed by atoms with van der Waals surface area (Å²) in [5.41, 5.74) is -0.953. The molecule has 1 aromatic rings. The maximum Gasteiger partial charge on any atom is 0.378 e. The number of hydrogen-bond donors (Lipinski definition) is 1. The highest BCUT2D eigenvalue weighted by Crippen LogP contribution is 2.29. The van der Waals surface area contributed by atoms with Gasteiger partial charge in [-0.2, -0.15) is 8.78 Å². The molecule has 0 aliphatic heterocycles. The standard InChI is InChI=1S/C18H23F3O5/c1-6-17(4,5)26-13-8-7-11(9-12(13)19)15(22)25-14(10(2)3)18(20,21)16(23)24/h7-10,14H,6H2,1-5H3,(H,23,24). The van der Waals surface area contributed by atoms with Crippen molar-refractivity contribution in [3.05, 3.63) is 29.6 Å². The first-order chi connectivity index (χ1) is 11.8. The number of ether oxygens (including phenoxy) is 2. The van der Waals surface area contributed by atoms with Gasteiger partial charge in [0.25, 0.3) is 0 Å². The van der Waals surface area contributed by atoms with E-state index in [1.807, 2.05) is 6.92 Å². The fraction of sp³-hybridized carbons (Fsp3) is 0.556. The van der Waals surface area contributed by atoms with Gasteiger partial charge in [-0.1, -0.05) is 20.8 Å². The Morgan fingerprint density at radius 3 is 2.23 bits per heavy atom. The molecule has 0 bridgehead atoms. The van der Waals surface area contributed by atoms with E-state index in [0.29, 0.717) is 6.42 Å². The lowest BCUT2D eigenvalue weighted by molar-refractivity contribution is -0.187. The molecule has 0 amide bonds. The summed E-state index contributed by atoms with van der Waals surface area (Å²) >= 11 is 0. The number of benzene rings is 1. The predicted octanol–water partition coefficient (Wildman–Crippen LogP) is 4.29. The van der Waals surface area contributed by atoms with Crippen molar-refractivity contribution in [2.24, 2.45) is 5.92 Å². The largest absolute Gasteiger partial charge is 0.485 e. The van der Waals surface area contributed by atoms with Gasteiger partial charge < -0.3 is 14.6 Å². The summed E-state index contributed by atoms with van der Waals surface area (Å²) in [6.07, 6.45) is -1.58. The minimum absolute atomic E-state index is 0.0929.